The van der Waals surface area contributed by atoms with E-state index < -0.39 is 0 Å². The van der Waals surface area contributed by atoms with E-state index in [1.165, 1.54) is 0 Å². The molecule has 4 nitrogen and oxygen atoms in total. The highest BCUT2D eigenvalue weighted by Gasteiger charge is 2.14. The number of nitrogens with two attached hydrogens (primary N) is 1. The molecule has 0 bridgehead atoms. The third-order valence-corrected chi connectivity index (χ3v) is 3.15. The minimum atomic E-state index is 0.150. The molecule has 0 spiro atoms. The van der Waals surface area contributed by atoms with Crippen molar-refractivity contribution in [1.82, 2.24) is 4.98 Å². The van der Waals surface area contributed by atoms with Crippen LogP contribution in [0, 0.1) is 5.92 Å². The van der Waals surface area contributed by atoms with Crippen LogP contribution >= 0.6 is 0 Å². The maximum absolute atomic E-state index is 6.15. The summed E-state index contributed by atoms with van der Waals surface area (Å²) < 4.78 is 5.22. The molecule has 1 unspecified atom stereocenters. The van der Waals surface area contributed by atoms with Gasteiger partial charge >= 0.3 is 0 Å². The lowest BCUT2D eigenvalue weighted by atomic mass is 9.95. The maximum atomic E-state index is 6.15. The number of anilines is 1. The summed E-state index contributed by atoms with van der Waals surface area (Å²) in [6.07, 6.45) is 3.96. The van der Waals surface area contributed by atoms with E-state index in [0.29, 0.717) is 5.92 Å². The Labute approximate surface area is 104 Å². The first-order valence-electron chi connectivity index (χ1n) is 6.21. The van der Waals surface area contributed by atoms with E-state index >= 15 is 0 Å². The molecule has 1 heterocycles. The summed E-state index contributed by atoms with van der Waals surface area (Å²) in [5, 5.41) is 3.25. The second kappa shape index (κ2) is 7.12. The van der Waals surface area contributed by atoms with E-state index in [9.17, 15) is 0 Å². The van der Waals surface area contributed by atoms with Crippen LogP contribution < -0.4 is 15.8 Å². The number of rotatable bonds is 7. The van der Waals surface area contributed by atoms with Gasteiger partial charge in [-0.05, 0) is 18.1 Å². The molecule has 3 N–H and O–H groups in total. The van der Waals surface area contributed by atoms with Gasteiger partial charge in [-0.3, -0.25) is 0 Å². The average molecular weight is 237 g/mol. The standard InChI is InChI=1S/C13H23N3O/c1-4-10(5-2)11(14)9-16-13-12(17-3)7-6-8-15-13/h6-8,10-11H,4-5,9,14H2,1-3H3,(H,15,16). The highest BCUT2D eigenvalue weighted by molar-refractivity contribution is 5.49. The Kier molecular flexibility index (Phi) is 5.77. The van der Waals surface area contributed by atoms with Gasteiger partial charge in [-0.2, -0.15) is 0 Å². The van der Waals surface area contributed by atoms with Gasteiger partial charge in [0.15, 0.2) is 11.6 Å². The third kappa shape index (κ3) is 3.89. The van der Waals surface area contributed by atoms with Crippen molar-refractivity contribution in [2.45, 2.75) is 32.7 Å². The van der Waals surface area contributed by atoms with Crippen LogP contribution in [0.2, 0.25) is 0 Å². The SMILES string of the molecule is CCC(CC)C(N)CNc1ncccc1OC. The van der Waals surface area contributed by atoms with Crippen molar-refractivity contribution < 1.29 is 4.74 Å². The lowest BCUT2D eigenvalue weighted by Gasteiger charge is -2.22. The first-order chi connectivity index (χ1) is 8.22. The normalized spacial score (nSPS) is 12.5. The lowest BCUT2D eigenvalue weighted by molar-refractivity contribution is 0.402. The summed E-state index contributed by atoms with van der Waals surface area (Å²) in [4.78, 5) is 4.24. The lowest BCUT2D eigenvalue weighted by Crippen LogP contribution is -2.36. The summed E-state index contributed by atoms with van der Waals surface area (Å²) in [5.41, 5.74) is 6.15. The van der Waals surface area contributed by atoms with Crippen molar-refractivity contribution in [2.75, 3.05) is 19.0 Å². The van der Waals surface area contributed by atoms with Crippen molar-refractivity contribution in [1.29, 1.82) is 0 Å². The largest absolute Gasteiger partial charge is 0.493 e. The zero-order chi connectivity index (χ0) is 12.7. The Bertz CT molecular complexity index is 326. The average Bonchev–Trinajstić information content (AvgIpc) is 2.38. The fraction of sp³-hybridized carbons (Fsp3) is 0.615. The summed E-state index contributed by atoms with van der Waals surface area (Å²) in [6, 6.07) is 3.89. The molecule has 1 aromatic heterocycles. The van der Waals surface area contributed by atoms with Crippen LogP contribution in [0.15, 0.2) is 18.3 Å². The van der Waals surface area contributed by atoms with Gasteiger partial charge in [0.05, 0.1) is 7.11 Å². The van der Waals surface area contributed by atoms with Crippen molar-refractivity contribution in [3.8, 4) is 5.75 Å². The van der Waals surface area contributed by atoms with E-state index in [1.807, 2.05) is 12.1 Å². The Morgan fingerprint density at radius 3 is 2.71 bits per heavy atom. The first-order valence-corrected chi connectivity index (χ1v) is 6.21. The highest BCUT2D eigenvalue weighted by atomic mass is 16.5. The van der Waals surface area contributed by atoms with Gasteiger partial charge in [0.25, 0.3) is 0 Å². The van der Waals surface area contributed by atoms with E-state index in [0.717, 1.165) is 31.0 Å². The van der Waals surface area contributed by atoms with E-state index in [-0.39, 0.29) is 6.04 Å². The van der Waals surface area contributed by atoms with E-state index in [4.69, 9.17) is 10.5 Å². The monoisotopic (exact) mass is 237 g/mol. The van der Waals surface area contributed by atoms with Crippen LogP contribution in [0.1, 0.15) is 26.7 Å². The van der Waals surface area contributed by atoms with Crippen molar-refractivity contribution >= 4 is 5.82 Å². The van der Waals surface area contributed by atoms with Gasteiger partial charge in [0, 0.05) is 18.8 Å². The zero-order valence-corrected chi connectivity index (χ0v) is 10.9. The van der Waals surface area contributed by atoms with Crippen LogP contribution in [0.4, 0.5) is 5.82 Å². The fourth-order valence-electron chi connectivity index (χ4n) is 1.96. The smallest absolute Gasteiger partial charge is 0.168 e. The fourth-order valence-corrected chi connectivity index (χ4v) is 1.96. The molecule has 0 aliphatic heterocycles. The molecule has 0 aliphatic rings. The molecular formula is C13H23N3O. The number of nitrogens with zero attached hydrogens (tertiary/aromatic N) is 1. The molecule has 0 fully saturated rings. The molecule has 0 aromatic carbocycles. The molecular weight excluding hydrogens is 214 g/mol. The molecule has 17 heavy (non-hydrogen) atoms. The van der Waals surface area contributed by atoms with Crippen LogP contribution in [-0.2, 0) is 0 Å². The third-order valence-electron chi connectivity index (χ3n) is 3.15. The van der Waals surface area contributed by atoms with Gasteiger partial charge in [-0.25, -0.2) is 4.98 Å². The molecule has 0 saturated carbocycles. The van der Waals surface area contributed by atoms with Crippen molar-refractivity contribution in [3.05, 3.63) is 18.3 Å². The van der Waals surface area contributed by atoms with Crippen LogP contribution in [0.5, 0.6) is 5.75 Å². The molecule has 1 atom stereocenters. The molecule has 0 radical (unpaired) electrons. The van der Waals surface area contributed by atoms with Gasteiger partial charge in [-0.1, -0.05) is 26.7 Å². The molecule has 4 heteroatoms. The number of hydrogen-bond donors (Lipinski definition) is 2. The second-order valence-electron chi connectivity index (χ2n) is 4.18. The zero-order valence-electron chi connectivity index (χ0n) is 10.9. The molecule has 96 valence electrons. The molecule has 0 saturated heterocycles. The molecule has 1 rings (SSSR count). The summed E-state index contributed by atoms with van der Waals surface area (Å²) in [5.74, 6) is 2.07. The number of pyridine rings is 1. The molecule has 1 aromatic rings. The van der Waals surface area contributed by atoms with Crippen LogP contribution in [0.25, 0.3) is 0 Å². The van der Waals surface area contributed by atoms with Gasteiger partial charge < -0.3 is 15.8 Å². The summed E-state index contributed by atoms with van der Waals surface area (Å²) in [6.45, 7) is 5.07. The van der Waals surface area contributed by atoms with Gasteiger partial charge in [0.2, 0.25) is 0 Å². The highest BCUT2D eigenvalue weighted by Crippen LogP contribution is 2.20. The number of hydrogen-bond acceptors (Lipinski definition) is 4. The van der Waals surface area contributed by atoms with Crippen LogP contribution in [-0.4, -0.2) is 24.7 Å². The van der Waals surface area contributed by atoms with E-state index in [2.05, 4.69) is 24.1 Å². The van der Waals surface area contributed by atoms with Crippen LogP contribution in [0.3, 0.4) is 0 Å². The predicted octanol–water partition coefficient (Wildman–Crippen LogP) is 2.27. The Morgan fingerprint density at radius 2 is 2.12 bits per heavy atom. The number of ether oxygens (including phenoxy) is 1. The minimum Gasteiger partial charge on any atom is -0.493 e. The van der Waals surface area contributed by atoms with Crippen molar-refractivity contribution in [3.63, 3.8) is 0 Å². The maximum Gasteiger partial charge on any atom is 0.168 e. The number of aromatic nitrogens is 1. The molecule has 0 amide bonds. The van der Waals surface area contributed by atoms with Crippen molar-refractivity contribution in [2.24, 2.45) is 11.7 Å². The number of methoxy groups -OCH3 is 1. The van der Waals surface area contributed by atoms with E-state index in [1.54, 1.807) is 13.3 Å². The first kappa shape index (κ1) is 13.8. The summed E-state index contributed by atoms with van der Waals surface area (Å²) >= 11 is 0. The predicted molar refractivity (Wildman–Crippen MR) is 71.3 cm³/mol. The topological polar surface area (TPSA) is 60.2 Å². The number of nitrogens with one attached hydrogen (secondary N) is 1. The van der Waals surface area contributed by atoms with Gasteiger partial charge in [0.1, 0.15) is 0 Å². The Hall–Kier alpha value is -1.29. The van der Waals surface area contributed by atoms with Gasteiger partial charge in [-0.15, -0.1) is 0 Å². The Morgan fingerprint density at radius 1 is 1.41 bits per heavy atom. The molecule has 0 aliphatic carbocycles. The second-order valence-corrected chi connectivity index (χ2v) is 4.18. The quantitative estimate of drug-likeness (QED) is 0.763. The Balaban J connectivity index is 2.54. The minimum absolute atomic E-state index is 0.150. The summed E-state index contributed by atoms with van der Waals surface area (Å²) in [7, 11) is 1.64.